The number of hydrogen-bond acceptors (Lipinski definition) is 3. The monoisotopic (exact) mass is 368 g/mol. The Balaban J connectivity index is 1.90. The summed E-state index contributed by atoms with van der Waals surface area (Å²) >= 11 is 0. The van der Waals surface area contributed by atoms with Gasteiger partial charge in [0.05, 0.1) is 12.2 Å². The van der Waals surface area contributed by atoms with Crippen LogP contribution in [-0.2, 0) is 6.42 Å². The third-order valence-electron chi connectivity index (χ3n) is 5.17. The molecule has 3 heteroatoms. The Labute approximate surface area is 165 Å². The number of para-hydroxylation sites is 1. The number of unbranched alkanes of at least 4 members (excludes halogenated alkanes) is 4. The van der Waals surface area contributed by atoms with E-state index in [4.69, 9.17) is 9.72 Å². The first kappa shape index (κ1) is 21.4. The largest absolute Gasteiger partial charge is 0.493 e. The molecule has 1 aromatic heterocycles. The van der Waals surface area contributed by atoms with Crippen molar-refractivity contribution in [3.05, 3.63) is 42.2 Å². The normalized spacial score (nSPS) is 12.1. The molecular weight excluding hydrogens is 332 g/mol. The Morgan fingerprint density at radius 2 is 1.81 bits per heavy atom. The highest BCUT2D eigenvalue weighted by Gasteiger charge is 2.09. The van der Waals surface area contributed by atoms with E-state index in [1.807, 2.05) is 30.5 Å². The fourth-order valence-corrected chi connectivity index (χ4v) is 3.16. The van der Waals surface area contributed by atoms with Crippen LogP contribution in [0.2, 0.25) is 0 Å². The molecule has 0 aliphatic heterocycles. The van der Waals surface area contributed by atoms with Crippen LogP contribution < -0.4 is 4.74 Å². The maximum Gasteiger partial charge on any atom is 0.163 e. The minimum atomic E-state index is 0.758. The van der Waals surface area contributed by atoms with Gasteiger partial charge in [0.1, 0.15) is 5.75 Å². The van der Waals surface area contributed by atoms with E-state index in [1.165, 1.54) is 44.9 Å². The van der Waals surface area contributed by atoms with E-state index in [1.54, 1.807) is 0 Å². The molecule has 0 bridgehead atoms. The zero-order valence-corrected chi connectivity index (χ0v) is 17.4. The zero-order chi connectivity index (χ0) is 19.3. The molecule has 2 aromatic rings. The van der Waals surface area contributed by atoms with Crippen molar-refractivity contribution in [1.82, 2.24) is 9.97 Å². The fraction of sp³-hybridized carbons (Fsp3) is 0.583. The minimum Gasteiger partial charge on any atom is -0.493 e. The molecule has 0 radical (unpaired) electrons. The van der Waals surface area contributed by atoms with Gasteiger partial charge in [0.15, 0.2) is 5.82 Å². The number of nitrogens with zero attached hydrogens (tertiary/aromatic N) is 2. The van der Waals surface area contributed by atoms with Crippen LogP contribution in [0.1, 0.15) is 77.8 Å². The van der Waals surface area contributed by atoms with E-state index in [0.717, 1.165) is 48.2 Å². The Kier molecular flexibility index (Phi) is 9.89. The summed E-state index contributed by atoms with van der Waals surface area (Å²) in [5, 5.41) is 0. The number of aryl methyl sites for hydroxylation is 1. The summed E-state index contributed by atoms with van der Waals surface area (Å²) in [6.07, 6.45) is 12.8. The van der Waals surface area contributed by atoms with E-state index in [2.05, 4.69) is 31.8 Å². The van der Waals surface area contributed by atoms with Gasteiger partial charge < -0.3 is 4.74 Å². The first-order valence-electron chi connectivity index (χ1n) is 10.8. The van der Waals surface area contributed by atoms with Gasteiger partial charge in [-0.25, -0.2) is 9.97 Å². The van der Waals surface area contributed by atoms with Gasteiger partial charge in [-0.15, -0.1) is 0 Å². The lowest BCUT2D eigenvalue weighted by Crippen LogP contribution is -2.01. The summed E-state index contributed by atoms with van der Waals surface area (Å²) in [4.78, 5) is 9.26. The zero-order valence-electron chi connectivity index (χ0n) is 17.4. The number of ether oxygens (including phenoxy) is 1. The lowest BCUT2D eigenvalue weighted by Gasteiger charge is -2.12. The van der Waals surface area contributed by atoms with E-state index < -0.39 is 0 Å². The van der Waals surface area contributed by atoms with Gasteiger partial charge >= 0.3 is 0 Å². The lowest BCUT2D eigenvalue weighted by atomic mass is 10.0. The molecule has 0 saturated heterocycles. The lowest BCUT2D eigenvalue weighted by molar-refractivity contribution is 0.303. The Bertz CT molecular complexity index is 656. The van der Waals surface area contributed by atoms with Crippen molar-refractivity contribution >= 4 is 0 Å². The van der Waals surface area contributed by atoms with Crippen molar-refractivity contribution in [3.8, 4) is 17.1 Å². The molecule has 148 valence electrons. The van der Waals surface area contributed by atoms with Crippen LogP contribution >= 0.6 is 0 Å². The van der Waals surface area contributed by atoms with Crippen molar-refractivity contribution in [1.29, 1.82) is 0 Å². The van der Waals surface area contributed by atoms with Crippen LogP contribution in [-0.4, -0.2) is 16.6 Å². The van der Waals surface area contributed by atoms with Crippen LogP contribution in [0.3, 0.4) is 0 Å². The second kappa shape index (κ2) is 12.5. The topological polar surface area (TPSA) is 35.0 Å². The molecule has 0 saturated carbocycles. The molecule has 27 heavy (non-hydrogen) atoms. The summed E-state index contributed by atoms with van der Waals surface area (Å²) in [5.41, 5.74) is 2.11. The van der Waals surface area contributed by atoms with Crippen LogP contribution in [0.4, 0.5) is 0 Å². The van der Waals surface area contributed by atoms with Gasteiger partial charge in [-0.1, -0.05) is 71.4 Å². The SMILES string of the molecule is CCCCCc1ccnc(-c2ccccc2OCCCCCC(C)CC)n1. The van der Waals surface area contributed by atoms with Crippen LogP contribution in [0.25, 0.3) is 11.4 Å². The second-order valence-corrected chi connectivity index (χ2v) is 7.54. The van der Waals surface area contributed by atoms with E-state index in [-0.39, 0.29) is 0 Å². The molecule has 0 amide bonds. The molecule has 0 aliphatic carbocycles. The molecule has 0 spiro atoms. The number of benzene rings is 1. The van der Waals surface area contributed by atoms with Gasteiger partial charge in [-0.05, 0) is 43.4 Å². The molecule has 2 rings (SSSR count). The molecule has 3 nitrogen and oxygen atoms in total. The maximum atomic E-state index is 6.08. The van der Waals surface area contributed by atoms with E-state index in [9.17, 15) is 0 Å². The van der Waals surface area contributed by atoms with E-state index in [0.29, 0.717) is 0 Å². The fourth-order valence-electron chi connectivity index (χ4n) is 3.16. The molecule has 1 heterocycles. The molecule has 0 fully saturated rings. The van der Waals surface area contributed by atoms with Crippen LogP contribution in [0.5, 0.6) is 5.75 Å². The van der Waals surface area contributed by atoms with Crippen LogP contribution in [0.15, 0.2) is 36.5 Å². The molecule has 1 aromatic carbocycles. The summed E-state index contributed by atoms with van der Waals surface area (Å²) in [7, 11) is 0. The average molecular weight is 369 g/mol. The number of hydrogen-bond donors (Lipinski definition) is 0. The minimum absolute atomic E-state index is 0.758. The first-order valence-corrected chi connectivity index (χ1v) is 10.8. The highest BCUT2D eigenvalue weighted by molar-refractivity contribution is 5.63. The molecule has 0 N–H and O–H groups in total. The molecule has 1 unspecified atom stereocenters. The highest BCUT2D eigenvalue weighted by Crippen LogP contribution is 2.27. The smallest absolute Gasteiger partial charge is 0.163 e. The Morgan fingerprint density at radius 3 is 2.63 bits per heavy atom. The predicted molar refractivity (Wildman–Crippen MR) is 114 cm³/mol. The van der Waals surface area contributed by atoms with Crippen molar-refractivity contribution in [2.45, 2.75) is 78.6 Å². The second-order valence-electron chi connectivity index (χ2n) is 7.54. The summed E-state index contributed by atoms with van der Waals surface area (Å²) in [6.45, 7) is 7.59. The van der Waals surface area contributed by atoms with Gasteiger partial charge in [0.2, 0.25) is 0 Å². The highest BCUT2D eigenvalue weighted by atomic mass is 16.5. The van der Waals surface area contributed by atoms with Gasteiger partial charge in [-0.3, -0.25) is 0 Å². The first-order chi connectivity index (χ1) is 13.2. The summed E-state index contributed by atoms with van der Waals surface area (Å²) in [5.74, 6) is 2.51. The standard InChI is InChI=1S/C24H36N2O/c1-4-6-8-14-21-17-18-25-24(26-21)22-15-10-11-16-23(22)27-19-12-7-9-13-20(3)5-2/h10-11,15-18,20H,4-9,12-14,19H2,1-3H3. The van der Waals surface area contributed by atoms with Crippen LogP contribution in [0, 0.1) is 5.92 Å². The van der Waals surface area contributed by atoms with Crippen molar-refractivity contribution in [2.75, 3.05) is 6.61 Å². The summed E-state index contributed by atoms with van der Waals surface area (Å²) < 4.78 is 6.08. The predicted octanol–water partition coefficient (Wildman–Crippen LogP) is 6.86. The molecule has 1 atom stereocenters. The molecule has 0 aliphatic rings. The third-order valence-corrected chi connectivity index (χ3v) is 5.17. The number of aromatic nitrogens is 2. The molecular formula is C24H36N2O. The number of rotatable bonds is 13. The van der Waals surface area contributed by atoms with E-state index >= 15 is 0 Å². The van der Waals surface area contributed by atoms with Crippen molar-refractivity contribution in [3.63, 3.8) is 0 Å². The summed E-state index contributed by atoms with van der Waals surface area (Å²) in [6, 6.07) is 10.2. The van der Waals surface area contributed by atoms with Gasteiger partial charge in [0, 0.05) is 11.9 Å². The van der Waals surface area contributed by atoms with Crippen molar-refractivity contribution < 1.29 is 4.74 Å². The Morgan fingerprint density at radius 1 is 0.963 bits per heavy atom. The third kappa shape index (κ3) is 7.70. The van der Waals surface area contributed by atoms with Crippen molar-refractivity contribution in [2.24, 2.45) is 5.92 Å². The maximum absolute atomic E-state index is 6.08. The Hall–Kier alpha value is -1.90. The average Bonchev–Trinajstić information content (AvgIpc) is 2.71. The quantitative estimate of drug-likeness (QED) is 0.362. The van der Waals surface area contributed by atoms with Gasteiger partial charge in [-0.2, -0.15) is 0 Å². The van der Waals surface area contributed by atoms with Gasteiger partial charge in [0.25, 0.3) is 0 Å².